The molecule has 1 saturated heterocycles. The molecule has 1 aliphatic rings. The molecule has 2 aromatic rings. The molecule has 1 fully saturated rings. The summed E-state index contributed by atoms with van der Waals surface area (Å²) in [6.07, 6.45) is 1.58. The van der Waals surface area contributed by atoms with E-state index in [0.717, 1.165) is 12.8 Å². The number of sulfonamides is 1. The fourth-order valence-electron chi connectivity index (χ4n) is 2.93. The van der Waals surface area contributed by atoms with Gasteiger partial charge in [0.2, 0.25) is 10.0 Å². The smallest absolute Gasteiger partial charge is 0.338 e. The predicted molar refractivity (Wildman–Crippen MR) is 102 cm³/mol. The second kappa shape index (κ2) is 8.46. The molecule has 3 rings (SSSR count). The second-order valence-electron chi connectivity index (χ2n) is 6.30. The van der Waals surface area contributed by atoms with Gasteiger partial charge in [0.25, 0.3) is 0 Å². The third-order valence-corrected chi connectivity index (χ3v) is 6.82. The molecule has 0 unspecified atom stereocenters. The molecule has 0 spiro atoms. The van der Waals surface area contributed by atoms with Gasteiger partial charge in [-0.1, -0.05) is 17.7 Å². The Labute approximate surface area is 167 Å². The van der Waals surface area contributed by atoms with Crippen molar-refractivity contribution in [2.75, 3.05) is 20.2 Å². The first kappa shape index (κ1) is 20.6. The van der Waals surface area contributed by atoms with Crippen molar-refractivity contribution >= 4 is 27.6 Å². The van der Waals surface area contributed by atoms with E-state index in [9.17, 15) is 17.6 Å². The summed E-state index contributed by atoms with van der Waals surface area (Å²) in [7, 11) is -2.42. The van der Waals surface area contributed by atoms with Crippen LogP contribution in [0, 0.1) is 5.82 Å². The Balaban J connectivity index is 1.76. The van der Waals surface area contributed by atoms with Crippen LogP contribution in [0.4, 0.5) is 4.39 Å². The summed E-state index contributed by atoms with van der Waals surface area (Å²) in [5.41, 5.74) is 0.488. The molecule has 0 bridgehead atoms. The van der Waals surface area contributed by atoms with Crippen LogP contribution in [0.25, 0.3) is 0 Å². The van der Waals surface area contributed by atoms with E-state index in [1.807, 2.05) is 0 Å². The molecule has 0 radical (unpaired) electrons. The first-order valence-corrected chi connectivity index (χ1v) is 10.4. The molecule has 150 valence electrons. The zero-order chi connectivity index (χ0) is 20.3. The number of hydrogen-bond acceptors (Lipinski definition) is 5. The lowest BCUT2D eigenvalue weighted by atomic mass is 10.2. The van der Waals surface area contributed by atoms with Crippen molar-refractivity contribution in [1.82, 2.24) is 4.31 Å². The number of carbonyl (C=O) groups excluding carboxylic acids is 1. The zero-order valence-corrected chi connectivity index (χ0v) is 16.7. The number of carbonyl (C=O) groups is 1. The number of hydrogen-bond donors (Lipinski definition) is 0. The summed E-state index contributed by atoms with van der Waals surface area (Å²) >= 11 is 6.07. The molecular weight excluding hydrogens is 409 g/mol. The van der Waals surface area contributed by atoms with Gasteiger partial charge < -0.3 is 9.47 Å². The quantitative estimate of drug-likeness (QED) is 0.658. The number of benzene rings is 2. The number of esters is 1. The van der Waals surface area contributed by atoms with E-state index in [1.54, 1.807) is 6.07 Å². The van der Waals surface area contributed by atoms with Crippen LogP contribution in [-0.4, -0.2) is 38.9 Å². The predicted octanol–water partition coefficient (Wildman–Crippen LogP) is 3.63. The molecule has 2 aromatic carbocycles. The SMILES string of the molecule is COc1ccc(COC(=O)c2ccc(Cl)c(S(=O)(=O)N3CCCC3)c2)cc1F. The van der Waals surface area contributed by atoms with Crippen molar-refractivity contribution in [3.05, 3.63) is 58.4 Å². The van der Waals surface area contributed by atoms with Gasteiger partial charge in [-0.3, -0.25) is 0 Å². The Morgan fingerprint density at radius 2 is 1.89 bits per heavy atom. The zero-order valence-electron chi connectivity index (χ0n) is 15.2. The van der Waals surface area contributed by atoms with Gasteiger partial charge in [-0.05, 0) is 48.7 Å². The average molecular weight is 428 g/mol. The summed E-state index contributed by atoms with van der Waals surface area (Å²) in [5, 5.41) is 0.0423. The van der Waals surface area contributed by atoms with Crippen molar-refractivity contribution in [2.45, 2.75) is 24.3 Å². The van der Waals surface area contributed by atoms with Crippen LogP contribution in [0.2, 0.25) is 5.02 Å². The van der Waals surface area contributed by atoms with Gasteiger partial charge in [-0.2, -0.15) is 4.31 Å². The van der Waals surface area contributed by atoms with Crippen LogP contribution in [0.15, 0.2) is 41.3 Å². The largest absolute Gasteiger partial charge is 0.494 e. The van der Waals surface area contributed by atoms with Crippen LogP contribution in [0.1, 0.15) is 28.8 Å². The minimum Gasteiger partial charge on any atom is -0.494 e. The van der Waals surface area contributed by atoms with Crippen molar-refractivity contribution in [1.29, 1.82) is 0 Å². The van der Waals surface area contributed by atoms with E-state index in [0.29, 0.717) is 18.7 Å². The van der Waals surface area contributed by atoms with Gasteiger partial charge in [0.1, 0.15) is 11.5 Å². The molecule has 0 N–H and O–H groups in total. The maximum Gasteiger partial charge on any atom is 0.338 e. The molecule has 9 heteroatoms. The topological polar surface area (TPSA) is 72.9 Å². The molecule has 0 aromatic heterocycles. The minimum absolute atomic E-state index is 0.0423. The lowest BCUT2D eigenvalue weighted by Crippen LogP contribution is -2.28. The number of ether oxygens (including phenoxy) is 2. The van der Waals surface area contributed by atoms with Gasteiger partial charge in [-0.25, -0.2) is 17.6 Å². The van der Waals surface area contributed by atoms with Gasteiger partial charge >= 0.3 is 5.97 Å². The van der Waals surface area contributed by atoms with Crippen LogP contribution in [0.5, 0.6) is 5.75 Å². The normalized spacial score (nSPS) is 14.8. The average Bonchev–Trinajstić information content (AvgIpc) is 3.22. The van der Waals surface area contributed by atoms with Crippen LogP contribution in [0.3, 0.4) is 0 Å². The molecule has 6 nitrogen and oxygen atoms in total. The number of halogens is 2. The lowest BCUT2D eigenvalue weighted by Gasteiger charge is -2.17. The molecule has 0 atom stereocenters. The monoisotopic (exact) mass is 427 g/mol. The molecule has 0 saturated carbocycles. The first-order chi connectivity index (χ1) is 13.3. The number of methoxy groups -OCH3 is 1. The van der Waals surface area contributed by atoms with Gasteiger partial charge in [0.15, 0.2) is 11.6 Å². The highest BCUT2D eigenvalue weighted by Gasteiger charge is 2.30. The molecule has 0 aliphatic carbocycles. The minimum atomic E-state index is -3.78. The molecule has 1 aliphatic heterocycles. The van der Waals surface area contributed by atoms with Crippen molar-refractivity contribution in [3.8, 4) is 5.75 Å². The van der Waals surface area contributed by atoms with Crippen molar-refractivity contribution in [3.63, 3.8) is 0 Å². The molecular formula is C19H19ClFNO5S. The van der Waals surface area contributed by atoms with Crippen molar-refractivity contribution in [2.24, 2.45) is 0 Å². The standard InChI is InChI=1S/C19H19ClFNO5S/c1-26-17-7-4-13(10-16(17)21)12-27-19(23)14-5-6-15(20)18(11-14)28(24,25)22-8-2-3-9-22/h4-7,10-11H,2-3,8-9,12H2,1H3. The third-order valence-electron chi connectivity index (χ3n) is 4.44. The number of nitrogens with zero attached hydrogens (tertiary/aromatic N) is 1. The summed E-state index contributed by atoms with van der Waals surface area (Å²) < 4.78 is 50.6. The van der Waals surface area contributed by atoms with Gasteiger partial charge in [0, 0.05) is 13.1 Å². The van der Waals surface area contributed by atoms with E-state index in [-0.39, 0.29) is 27.8 Å². The van der Waals surface area contributed by atoms with Crippen LogP contribution < -0.4 is 4.74 Å². The van der Waals surface area contributed by atoms with E-state index in [2.05, 4.69) is 0 Å². The molecule has 0 amide bonds. The summed E-state index contributed by atoms with van der Waals surface area (Å²) in [6.45, 7) is 0.684. The van der Waals surface area contributed by atoms with Gasteiger partial charge in [0.05, 0.1) is 17.7 Å². The van der Waals surface area contributed by atoms with E-state index >= 15 is 0 Å². The maximum atomic E-state index is 13.7. The summed E-state index contributed by atoms with van der Waals surface area (Å²) in [5.74, 6) is -1.21. The van der Waals surface area contributed by atoms with Gasteiger partial charge in [-0.15, -0.1) is 0 Å². The maximum absolute atomic E-state index is 13.7. The Morgan fingerprint density at radius 3 is 2.54 bits per heavy atom. The van der Waals surface area contributed by atoms with E-state index in [4.69, 9.17) is 21.1 Å². The summed E-state index contributed by atoms with van der Waals surface area (Å²) in [6, 6.07) is 8.17. The first-order valence-electron chi connectivity index (χ1n) is 8.62. The van der Waals surface area contributed by atoms with Crippen LogP contribution >= 0.6 is 11.6 Å². The van der Waals surface area contributed by atoms with Crippen molar-refractivity contribution < 1.29 is 27.1 Å². The Morgan fingerprint density at radius 1 is 1.18 bits per heavy atom. The lowest BCUT2D eigenvalue weighted by molar-refractivity contribution is 0.0472. The van der Waals surface area contributed by atoms with E-state index in [1.165, 1.54) is 41.7 Å². The highest BCUT2D eigenvalue weighted by Crippen LogP contribution is 2.28. The fourth-order valence-corrected chi connectivity index (χ4v) is 4.94. The second-order valence-corrected chi connectivity index (χ2v) is 8.61. The van der Waals surface area contributed by atoms with E-state index < -0.39 is 21.8 Å². The molecule has 28 heavy (non-hydrogen) atoms. The summed E-state index contributed by atoms with van der Waals surface area (Å²) in [4.78, 5) is 12.2. The molecule has 1 heterocycles. The Bertz CT molecular complexity index is 990. The van der Waals surface area contributed by atoms with Crippen LogP contribution in [-0.2, 0) is 21.4 Å². The highest BCUT2D eigenvalue weighted by atomic mass is 35.5. The third kappa shape index (κ3) is 4.29. The Kier molecular flexibility index (Phi) is 6.22. The Hall–Kier alpha value is -2.16. The highest BCUT2D eigenvalue weighted by molar-refractivity contribution is 7.89. The number of rotatable bonds is 6. The fraction of sp³-hybridized carbons (Fsp3) is 0.316.